The molecule has 6 nitrogen and oxygen atoms in total. The molecule has 0 fully saturated rings. The second kappa shape index (κ2) is 8.68. The Bertz CT molecular complexity index is 1340. The molecule has 5 rings (SSSR count). The summed E-state index contributed by atoms with van der Waals surface area (Å²) in [6, 6.07) is 22.9. The highest BCUT2D eigenvalue weighted by molar-refractivity contribution is 8.13. The number of hydrogen-bond acceptors (Lipinski definition) is 6. The third-order valence-corrected chi connectivity index (χ3v) is 6.41. The molecule has 0 aromatic heterocycles. The maximum absolute atomic E-state index is 13.2. The largest absolute Gasteiger partial charge is 0.496 e. The van der Waals surface area contributed by atoms with Gasteiger partial charge in [0.2, 0.25) is 0 Å². The van der Waals surface area contributed by atoms with Crippen molar-refractivity contribution in [3.63, 3.8) is 0 Å². The Kier molecular flexibility index (Phi) is 5.59. The summed E-state index contributed by atoms with van der Waals surface area (Å²) in [4.78, 5) is 18.1. The number of para-hydroxylation sites is 2. The monoisotopic (exact) mass is 462 g/mol. The lowest BCUT2D eigenvalue weighted by atomic mass is 10.1. The van der Waals surface area contributed by atoms with Crippen LogP contribution in [-0.2, 0) is 10.5 Å². The first kappa shape index (κ1) is 20.6. The number of halogens is 1. The minimum absolute atomic E-state index is 0.208. The number of nitrogens with zero attached hydrogens (tertiary/aromatic N) is 3. The van der Waals surface area contributed by atoms with E-state index in [4.69, 9.17) is 26.4 Å². The Morgan fingerprint density at radius 2 is 1.81 bits per heavy atom. The first-order valence-electron chi connectivity index (χ1n) is 10.0. The van der Waals surface area contributed by atoms with Gasteiger partial charge in [-0.05, 0) is 29.8 Å². The number of amides is 1. The zero-order chi connectivity index (χ0) is 22.1. The van der Waals surface area contributed by atoms with Gasteiger partial charge in [-0.1, -0.05) is 71.9 Å². The van der Waals surface area contributed by atoms with Crippen LogP contribution in [-0.4, -0.2) is 23.2 Å². The molecule has 160 valence electrons. The van der Waals surface area contributed by atoms with Crippen LogP contribution in [0, 0.1) is 0 Å². The highest BCUT2D eigenvalue weighted by Crippen LogP contribution is 2.35. The number of benzene rings is 3. The normalized spacial score (nSPS) is 17.0. The van der Waals surface area contributed by atoms with Gasteiger partial charge in [0.1, 0.15) is 11.4 Å². The van der Waals surface area contributed by atoms with Crippen molar-refractivity contribution < 1.29 is 9.53 Å². The van der Waals surface area contributed by atoms with E-state index in [2.05, 4.69) is 5.32 Å². The van der Waals surface area contributed by atoms with Crippen molar-refractivity contribution in [3.8, 4) is 5.75 Å². The molecule has 1 amide bonds. The predicted octanol–water partition coefficient (Wildman–Crippen LogP) is 3.43. The van der Waals surface area contributed by atoms with Crippen LogP contribution in [0.4, 0.5) is 0 Å². The molecule has 8 heteroatoms. The first-order chi connectivity index (χ1) is 15.6. The fourth-order valence-electron chi connectivity index (χ4n) is 3.71. The second-order valence-electron chi connectivity index (χ2n) is 7.23. The van der Waals surface area contributed by atoms with Gasteiger partial charge in [-0.25, -0.2) is 5.01 Å². The number of methoxy groups -OCH3 is 1. The van der Waals surface area contributed by atoms with E-state index in [0.717, 1.165) is 21.7 Å². The molecule has 0 radical (unpaired) electrons. The minimum atomic E-state index is -0.520. The summed E-state index contributed by atoms with van der Waals surface area (Å²) in [5.74, 6) is 1.13. The Morgan fingerprint density at radius 1 is 1.06 bits per heavy atom. The van der Waals surface area contributed by atoms with E-state index in [1.165, 1.54) is 11.8 Å². The van der Waals surface area contributed by atoms with Crippen LogP contribution < -0.4 is 20.6 Å². The van der Waals surface area contributed by atoms with Crippen molar-refractivity contribution in [3.05, 3.63) is 99.5 Å². The molecular weight excluding hydrogens is 444 g/mol. The van der Waals surface area contributed by atoms with Crippen LogP contribution in [0.2, 0.25) is 5.02 Å². The molecule has 0 saturated heterocycles. The zero-order valence-electron chi connectivity index (χ0n) is 17.2. The number of rotatable bonds is 4. The molecular formula is C24H19ClN4O2S. The number of carbonyl (C=O) groups excluding carboxylic acids is 1. The smallest absolute Gasteiger partial charge is 0.276 e. The fraction of sp³-hybridized carbons (Fsp3) is 0.125. The van der Waals surface area contributed by atoms with Gasteiger partial charge in [0.05, 0.1) is 12.5 Å². The lowest BCUT2D eigenvalue weighted by molar-refractivity contribution is -0.116. The Hall–Kier alpha value is -3.29. The van der Waals surface area contributed by atoms with Crippen molar-refractivity contribution in [2.75, 3.05) is 7.11 Å². The lowest BCUT2D eigenvalue weighted by Crippen LogP contribution is -2.50. The predicted molar refractivity (Wildman–Crippen MR) is 127 cm³/mol. The summed E-state index contributed by atoms with van der Waals surface area (Å²) in [5, 5.41) is 12.1. The molecule has 3 aromatic carbocycles. The second-order valence-corrected chi connectivity index (χ2v) is 8.63. The standard InChI is InChI=1S/C24H19ClN4O2S/c1-31-20-9-5-3-7-18(20)22-26-19-8-4-2-6-17(19)21-23(30)27-24(28-29(21)22)32-14-15-10-12-16(25)13-11-15/h2-13,22H,14H2,1H3,(H,27,28,30)/t22-/m0/s1. The SMILES string of the molecule is COc1ccccc1[C@H]1N=c2ccccc2=C2C(=O)NC(SCc3ccc(Cl)cc3)=NN21. The minimum Gasteiger partial charge on any atom is -0.496 e. The van der Waals surface area contributed by atoms with Gasteiger partial charge in [0, 0.05) is 21.6 Å². The molecule has 0 saturated carbocycles. The highest BCUT2D eigenvalue weighted by atomic mass is 35.5. The van der Waals surface area contributed by atoms with E-state index >= 15 is 0 Å². The number of ether oxygens (including phenoxy) is 1. The summed E-state index contributed by atoms with van der Waals surface area (Å²) in [5.41, 5.74) is 2.39. The highest BCUT2D eigenvalue weighted by Gasteiger charge is 2.35. The molecule has 2 aliphatic heterocycles. The van der Waals surface area contributed by atoms with Crippen molar-refractivity contribution in [2.24, 2.45) is 10.1 Å². The molecule has 2 heterocycles. The van der Waals surface area contributed by atoms with Crippen LogP contribution in [0.25, 0.3) is 5.70 Å². The Morgan fingerprint density at radius 3 is 2.62 bits per heavy atom. The van der Waals surface area contributed by atoms with Crippen LogP contribution in [0.15, 0.2) is 82.9 Å². The average molecular weight is 463 g/mol. The topological polar surface area (TPSA) is 66.3 Å². The van der Waals surface area contributed by atoms with Crippen LogP contribution in [0.3, 0.4) is 0 Å². The van der Waals surface area contributed by atoms with Crippen LogP contribution >= 0.6 is 23.4 Å². The van der Waals surface area contributed by atoms with Crippen LogP contribution in [0.5, 0.6) is 5.75 Å². The van der Waals surface area contributed by atoms with Crippen molar-refractivity contribution >= 4 is 40.1 Å². The summed E-state index contributed by atoms with van der Waals surface area (Å²) in [6.07, 6.45) is -0.520. The Labute approximate surface area is 194 Å². The number of hydrazone groups is 1. The van der Waals surface area contributed by atoms with Gasteiger partial charge < -0.3 is 4.74 Å². The maximum atomic E-state index is 13.2. The quantitative estimate of drug-likeness (QED) is 0.645. The molecule has 0 unspecified atom stereocenters. The zero-order valence-corrected chi connectivity index (χ0v) is 18.7. The first-order valence-corrected chi connectivity index (χ1v) is 11.4. The summed E-state index contributed by atoms with van der Waals surface area (Å²) in [7, 11) is 1.62. The van der Waals surface area contributed by atoms with E-state index in [-0.39, 0.29) is 5.91 Å². The van der Waals surface area contributed by atoms with E-state index < -0.39 is 6.17 Å². The number of amidine groups is 1. The number of thioether (sulfide) groups is 1. The molecule has 32 heavy (non-hydrogen) atoms. The number of fused-ring (bicyclic) bond motifs is 2. The molecule has 3 aromatic rings. The fourth-order valence-corrected chi connectivity index (χ4v) is 4.64. The van der Waals surface area contributed by atoms with E-state index in [0.29, 0.717) is 27.4 Å². The molecule has 0 aliphatic carbocycles. The summed E-state index contributed by atoms with van der Waals surface area (Å²) >= 11 is 7.43. The van der Waals surface area contributed by atoms with Crippen molar-refractivity contribution in [1.82, 2.24) is 10.3 Å². The number of carbonyl (C=O) groups is 1. The van der Waals surface area contributed by atoms with Gasteiger partial charge in [-0.15, -0.1) is 5.10 Å². The van der Waals surface area contributed by atoms with Gasteiger partial charge >= 0.3 is 0 Å². The van der Waals surface area contributed by atoms with Gasteiger partial charge in [0.15, 0.2) is 11.3 Å². The number of hydrogen-bond donors (Lipinski definition) is 1. The Balaban J connectivity index is 1.57. The molecule has 1 atom stereocenters. The van der Waals surface area contributed by atoms with Gasteiger partial charge in [-0.3, -0.25) is 15.1 Å². The third kappa shape index (κ3) is 3.85. The molecule has 0 spiro atoms. The van der Waals surface area contributed by atoms with Crippen LogP contribution in [0.1, 0.15) is 17.3 Å². The van der Waals surface area contributed by atoms with Crippen molar-refractivity contribution in [2.45, 2.75) is 11.9 Å². The molecule has 2 aliphatic rings. The average Bonchev–Trinajstić information content (AvgIpc) is 2.83. The van der Waals surface area contributed by atoms with E-state index in [9.17, 15) is 4.79 Å². The maximum Gasteiger partial charge on any atom is 0.276 e. The summed E-state index contributed by atoms with van der Waals surface area (Å²) < 4.78 is 5.57. The van der Waals surface area contributed by atoms with E-state index in [1.807, 2.05) is 72.8 Å². The van der Waals surface area contributed by atoms with Gasteiger partial charge in [-0.2, -0.15) is 0 Å². The molecule has 1 N–H and O–H groups in total. The van der Waals surface area contributed by atoms with E-state index in [1.54, 1.807) is 12.1 Å². The molecule has 0 bridgehead atoms. The van der Waals surface area contributed by atoms with Gasteiger partial charge in [0.25, 0.3) is 5.91 Å². The third-order valence-electron chi connectivity index (χ3n) is 5.22. The summed E-state index contributed by atoms with van der Waals surface area (Å²) in [6.45, 7) is 0. The number of nitrogens with one attached hydrogen (secondary N) is 1. The van der Waals surface area contributed by atoms with Crippen molar-refractivity contribution in [1.29, 1.82) is 0 Å². The lowest BCUT2D eigenvalue weighted by Gasteiger charge is -2.34.